The number of ketones is 1. The summed E-state index contributed by atoms with van der Waals surface area (Å²) >= 11 is 0. The lowest BCUT2D eigenvalue weighted by atomic mass is 9.95. The normalized spacial score (nSPS) is 17.2. The number of Topliss-reactive ketones (excluding diaryl/α,β-unsaturated/α-hetero) is 1. The smallest absolute Gasteiger partial charge is 0.292 e. The van der Waals surface area contributed by atoms with Gasteiger partial charge in [-0.15, -0.1) is 0 Å². The maximum Gasteiger partial charge on any atom is 0.292 e. The molecule has 0 unspecified atom stereocenters. The summed E-state index contributed by atoms with van der Waals surface area (Å²) in [4.78, 5) is 28.3. The second-order valence-electron chi connectivity index (χ2n) is 11.6. The van der Waals surface area contributed by atoms with Crippen molar-refractivity contribution < 1.29 is 28.9 Å². The van der Waals surface area contributed by atoms with Crippen LogP contribution in [0.4, 0.5) is 4.39 Å². The van der Waals surface area contributed by atoms with Gasteiger partial charge in [-0.25, -0.2) is 4.39 Å². The number of benzene rings is 3. The van der Waals surface area contributed by atoms with E-state index in [1.165, 1.54) is 12.1 Å². The maximum atomic E-state index is 14.7. The quantitative estimate of drug-likeness (QED) is 0.231. The average Bonchev–Trinajstić information content (AvgIpc) is 3.64. The van der Waals surface area contributed by atoms with Gasteiger partial charge in [-0.3, -0.25) is 9.59 Å². The Kier molecular flexibility index (Phi) is 8.54. The summed E-state index contributed by atoms with van der Waals surface area (Å²) in [6.07, 6.45) is 2.67. The van der Waals surface area contributed by atoms with Crippen LogP contribution in [-0.4, -0.2) is 58.6 Å². The van der Waals surface area contributed by atoms with Crippen LogP contribution in [0, 0.1) is 5.82 Å². The van der Waals surface area contributed by atoms with Gasteiger partial charge in [-0.1, -0.05) is 54.6 Å². The van der Waals surface area contributed by atoms with Gasteiger partial charge in [0.2, 0.25) is 5.78 Å². The van der Waals surface area contributed by atoms with E-state index in [9.17, 15) is 24.2 Å². The van der Waals surface area contributed by atoms with Crippen LogP contribution in [0.3, 0.4) is 0 Å². The van der Waals surface area contributed by atoms with Crippen molar-refractivity contribution in [1.82, 2.24) is 10.2 Å². The van der Waals surface area contributed by atoms with Crippen LogP contribution in [0.25, 0.3) is 11.1 Å². The Morgan fingerprint density at radius 3 is 2.17 bits per heavy atom. The van der Waals surface area contributed by atoms with E-state index in [0.717, 1.165) is 55.5 Å². The summed E-state index contributed by atoms with van der Waals surface area (Å²) in [7, 11) is 0. The number of hydrogen-bond acceptors (Lipinski definition) is 6. The minimum atomic E-state index is -1.22. The van der Waals surface area contributed by atoms with Gasteiger partial charge < -0.3 is 25.2 Å². The molecule has 1 saturated heterocycles. The zero-order valence-electron chi connectivity index (χ0n) is 23.5. The minimum Gasteiger partial charge on any atom is -0.487 e. The molecule has 1 heterocycles. The number of rotatable bonds is 11. The Morgan fingerprint density at radius 1 is 1.00 bits per heavy atom. The fourth-order valence-electron chi connectivity index (χ4n) is 5.11. The second kappa shape index (κ2) is 12.1. The number of likely N-dealkylation sites (tertiary alicyclic amines) is 1. The van der Waals surface area contributed by atoms with E-state index in [1.807, 2.05) is 24.3 Å². The van der Waals surface area contributed by atoms with Gasteiger partial charge in [0, 0.05) is 12.1 Å². The van der Waals surface area contributed by atoms with Crippen LogP contribution < -0.4 is 10.1 Å². The van der Waals surface area contributed by atoms with Crippen molar-refractivity contribution in [2.45, 2.75) is 63.4 Å². The Labute approximate surface area is 240 Å². The van der Waals surface area contributed by atoms with E-state index in [1.54, 1.807) is 44.2 Å². The molecule has 5 rings (SSSR count). The van der Waals surface area contributed by atoms with Crippen molar-refractivity contribution in [2.75, 3.05) is 19.6 Å². The van der Waals surface area contributed by atoms with Crippen LogP contribution in [-0.2, 0) is 10.4 Å². The third-order valence-corrected chi connectivity index (χ3v) is 7.74. The highest BCUT2D eigenvalue weighted by atomic mass is 19.1. The molecule has 216 valence electrons. The number of aliphatic hydroxyl groups excluding tert-OH is 1. The first-order valence-corrected chi connectivity index (χ1v) is 14.2. The van der Waals surface area contributed by atoms with Gasteiger partial charge >= 0.3 is 0 Å². The highest BCUT2D eigenvalue weighted by Crippen LogP contribution is 2.31. The molecule has 41 heavy (non-hydrogen) atoms. The lowest BCUT2D eigenvalue weighted by Gasteiger charge is -2.28. The number of carbonyl (C=O) groups excluding carboxylic acids is 2. The van der Waals surface area contributed by atoms with Gasteiger partial charge in [-0.05, 0) is 87.0 Å². The lowest BCUT2D eigenvalue weighted by molar-refractivity contribution is -0.118. The molecule has 3 aromatic carbocycles. The predicted molar refractivity (Wildman–Crippen MR) is 154 cm³/mol. The first-order chi connectivity index (χ1) is 19.6. The van der Waals surface area contributed by atoms with E-state index in [0.29, 0.717) is 12.1 Å². The Bertz CT molecular complexity index is 1370. The number of carbonyl (C=O) groups is 2. The van der Waals surface area contributed by atoms with Crippen LogP contribution in [0.1, 0.15) is 67.1 Å². The van der Waals surface area contributed by atoms with Gasteiger partial charge in [0.1, 0.15) is 6.10 Å². The number of aliphatic hydroxyl groups is 2. The first-order valence-electron chi connectivity index (χ1n) is 14.2. The standard InChI is InChI=1S/C33H37FN2O5/c1-33(2,40)25-12-9-22(10-13-25)21-5-7-23(8-6-21)31(38)32(39)35-28(20-36-17-3-4-18-36)30(37)24-11-16-29(27(34)19-24)41-26-14-15-26/h5-13,16,19,26,28,30,37,40H,3-4,14-15,17-18,20H2,1-2H3,(H,35,39)/t28-,30-/m1/s1. The summed E-state index contributed by atoms with van der Waals surface area (Å²) in [5.41, 5.74) is 2.16. The number of nitrogens with one attached hydrogen (secondary N) is 1. The predicted octanol–water partition coefficient (Wildman–Crippen LogP) is 4.76. The highest BCUT2D eigenvalue weighted by molar-refractivity contribution is 6.42. The molecule has 1 saturated carbocycles. The van der Waals surface area contributed by atoms with Crippen molar-refractivity contribution in [3.05, 3.63) is 89.2 Å². The molecule has 0 spiro atoms. The molecule has 2 atom stereocenters. The number of amides is 1. The van der Waals surface area contributed by atoms with E-state index in [4.69, 9.17) is 4.74 Å². The molecule has 2 aliphatic rings. The Balaban J connectivity index is 1.28. The third-order valence-electron chi connectivity index (χ3n) is 7.74. The van der Waals surface area contributed by atoms with Crippen LogP contribution in [0.5, 0.6) is 5.75 Å². The van der Waals surface area contributed by atoms with Gasteiger partial charge in [0.15, 0.2) is 11.6 Å². The topological polar surface area (TPSA) is 99.1 Å². The van der Waals surface area contributed by atoms with Crippen LogP contribution in [0.15, 0.2) is 66.7 Å². The lowest BCUT2D eigenvalue weighted by Crippen LogP contribution is -2.48. The molecule has 3 N–H and O–H groups in total. The summed E-state index contributed by atoms with van der Waals surface area (Å²) in [5.74, 6) is -1.96. The molecular weight excluding hydrogens is 523 g/mol. The maximum absolute atomic E-state index is 14.7. The summed E-state index contributed by atoms with van der Waals surface area (Å²) < 4.78 is 20.3. The van der Waals surface area contributed by atoms with E-state index >= 15 is 0 Å². The first kappa shape index (κ1) is 28.9. The van der Waals surface area contributed by atoms with E-state index < -0.39 is 35.3 Å². The summed E-state index contributed by atoms with van der Waals surface area (Å²) in [6.45, 7) is 5.44. The van der Waals surface area contributed by atoms with Crippen LogP contribution >= 0.6 is 0 Å². The van der Waals surface area contributed by atoms with E-state index in [-0.39, 0.29) is 17.4 Å². The number of halogens is 1. The largest absolute Gasteiger partial charge is 0.487 e. The fraction of sp³-hybridized carbons (Fsp3) is 0.394. The van der Waals surface area contributed by atoms with Crippen molar-refractivity contribution in [3.63, 3.8) is 0 Å². The summed E-state index contributed by atoms with van der Waals surface area (Å²) in [6, 6.07) is 17.8. The van der Waals surface area contributed by atoms with E-state index in [2.05, 4.69) is 10.2 Å². The average molecular weight is 561 g/mol. The van der Waals surface area contributed by atoms with Crippen molar-refractivity contribution in [2.24, 2.45) is 0 Å². The monoisotopic (exact) mass is 560 g/mol. The van der Waals surface area contributed by atoms with Gasteiger partial charge in [-0.2, -0.15) is 0 Å². The highest BCUT2D eigenvalue weighted by Gasteiger charge is 2.30. The van der Waals surface area contributed by atoms with Crippen LogP contribution in [0.2, 0.25) is 0 Å². The number of nitrogens with zero attached hydrogens (tertiary/aromatic N) is 1. The SMILES string of the molecule is CC(C)(O)c1ccc(-c2ccc(C(=O)C(=O)N[C@H](CN3CCCC3)[C@H](O)c3ccc(OC4CC4)c(F)c3)cc2)cc1. The molecular formula is C33H37FN2O5. The molecule has 0 radical (unpaired) electrons. The van der Waals surface area contributed by atoms with Crippen molar-refractivity contribution >= 4 is 11.7 Å². The zero-order chi connectivity index (χ0) is 29.1. The molecule has 8 heteroatoms. The zero-order valence-corrected chi connectivity index (χ0v) is 23.5. The molecule has 0 bridgehead atoms. The molecule has 1 aliphatic carbocycles. The number of ether oxygens (including phenoxy) is 1. The molecule has 3 aromatic rings. The molecule has 1 amide bonds. The van der Waals surface area contributed by atoms with Crippen molar-refractivity contribution in [3.8, 4) is 16.9 Å². The second-order valence-corrected chi connectivity index (χ2v) is 11.6. The number of hydrogen-bond donors (Lipinski definition) is 3. The summed E-state index contributed by atoms with van der Waals surface area (Å²) in [5, 5.41) is 24.1. The Hall–Kier alpha value is -3.59. The Morgan fingerprint density at radius 2 is 1.61 bits per heavy atom. The van der Waals surface area contributed by atoms with Gasteiger partial charge in [0.05, 0.1) is 17.7 Å². The molecule has 0 aromatic heterocycles. The molecule has 1 aliphatic heterocycles. The third kappa shape index (κ3) is 7.19. The fourth-order valence-corrected chi connectivity index (χ4v) is 5.11. The van der Waals surface area contributed by atoms with Crippen molar-refractivity contribution in [1.29, 1.82) is 0 Å². The molecule has 2 fully saturated rings. The minimum absolute atomic E-state index is 0.0433. The van der Waals surface area contributed by atoms with Gasteiger partial charge in [0.25, 0.3) is 5.91 Å². The molecule has 7 nitrogen and oxygen atoms in total.